The second-order valence-corrected chi connectivity index (χ2v) is 4.62. The van der Waals surface area contributed by atoms with Gasteiger partial charge >= 0.3 is 18.3 Å². The van der Waals surface area contributed by atoms with E-state index < -0.39 is 47.1 Å². The van der Waals surface area contributed by atoms with Crippen molar-refractivity contribution in [3.8, 4) is 6.07 Å². The molecule has 126 valence electrons. The number of hydrogen-bond donors (Lipinski definition) is 2. The van der Waals surface area contributed by atoms with Gasteiger partial charge in [0.15, 0.2) is 0 Å². The SMILES string of the molecule is C[C@H](NC(c1ccc(C#N)c(C(F)(F)F)c1)C(F)(F)F)C(=O)O. The summed E-state index contributed by atoms with van der Waals surface area (Å²) in [6.45, 7) is 0.926. The molecule has 10 heteroatoms. The van der Waals surface area contributed by atoms with Crippen LogP contribution < -0.4 is 5.32 Å². The van der Waals surface area contributed by atoms with E-state index in [0.29, 0.717) is 12.1 Å². The van der Waals surface area contributed by atoms with Gasteiger partial charge in [-0.2, -0.15) is 31.6 Å². The van der Waals surface area contributed by atoms with Crippen molar-refractivity contribution in [2.45, 2.75) is 31.4 Å². The largest absolute Gasteiger partial charge is 0.480 e. The minimum Gasteiger partial charge on any atom is -0.480 e. The molecular weight excluding hydrogens is 330 g/mol. The predicted octanol–water partition coefficient (Wildman–Crippen LogP) is 3.24. The topological polar surface area (TPSA) is 73.1 Å². The summed E-state index contributed by atoms with van der Waals surface area (Å²) in [6.07, 6.45) is -10.0. The molecule has 0 amide bonds. The molecule has 1 aromatic rings. The van der Waals surface area contributed by atoms with Crippen LogP contribution in [0.3, 0.4) is 0 Å². The number of halogens is 6. The molecule has 1 rings (SSSR count). The Bertz CT molecular complexity index is 633. The zero-order valence-corrected chi connectivity index (χ0v) is 11.5. The highest BCUT2D eigenvalue weighted by atomic mass is 19.4. The van der Waals surface area contributed by atoms with E-state index in [1.165, 1.54) is 6.07 Å². The van der Waals surface area contributed by atoms with Gasteiger partial charge in [0.1, 0.15) is 12.1 Å². The number of hydrogen-bond acceptors (Lipinski definition) is 3. The van der Waals surface area contributed by atoms with Crippen LogP contribution in [0.5, 0.6) is 0 Å². The molecule has 0 aliphatic carbocycles. The smallest absolute Gasteiger partial charge is 0.417 e. The Balaban J connectivity index is 3.38. The summed E-state index contributed by atoms with van der Waals surface area (Å²) >= 11 is 0. The summed E-state index contributed by atoms with van der Waals surface area (Å²) in [5, 5.41) is 19.0. The van der Waals surface area contributed by atoms with Crippen molar-refractivity contribution in [3.05, 3.63) is 34.9 Å². The molecule has 0 fully saturated rings. The minimum absolute atomic E-state index is 0.193. The van der Waals surface area contributed by atoms with Crippen LogP contribution >= 0.6 is 0 Å². The van der Waals surface area contributed by atoms with E-state index in [4.69, 9.17) is 10.4 Å². The molecule has 2 N–H and O–H groups in total. The molecule has 1 unspecified atom stereocenters. The van der Waals surface area contributed by atoms with Crippen molar-refractivity contribution < 1.29 is 36.2 Å². The third-order valence-corrected chi connectivity index (χ3v) is 2.92. The molecule has 2 atom stereocenters. The monoisotopic (exact) mass is 340 g/mol. The van der Waals surface area contributed by atoms with Gasteiger partial charge in [0.05, 0.1) is 17.2 Å². The Labute approximate surface area is 126 Å². The van der Waals surface area contributed by atoms with Gasteiger partial charge in [-0.05, 0) is 24.6 Å². The summed E-state index contributed by atoms with van der Waals surface area (Å²) in [6, 6.07) is -1.51. The van der Waals surface area contributed by atoms with E-state index in [0.717, 1.165) is 6.92 Å². The number of nitriles is 1. The van der Waals surface area contributed by atoms with Gasteiger partial charge in [-0.15, -0.1) is 0 Å². The Kier molecular flexibility index (Phi) is 5.27. The summed E-state index contributed by atoms with van der Waals surface area (Å²) in [5.74, 6) is -1.59. The quantitative estimate of drug-likeness (QED) is 0.826. The summed E-state index contributed by atoms with van der Waals surface area (Å²) in [7, 11) is 0. The first-order chi connectivity index (χ1) is 10.4. The number of nitrogens with zero attached hydrogens (tertiary/aromatic N) is 1. The van der Waals surface area contributed by atoms with E-state index in [2.05, 4.69) is 0 Å². The third-order valence-electron chi connectivity index (χ3n) is 2.92. The number of carboxylic acids is 1. The highest BCUT2D eigenvalue weighted by Crippen LogP contribution is 2.38. The lowest BCUT2D eigenvalue weighted by molar-refractivity contribution is -0.163. The molecule has 0 aliphatic rings. The molecule has 0 aromatic heterocycles. The van der Waals surface area contributed by atoms with Crippen LogP contribution in [-0.2, 0) is 11.0 Å². The van der Waals surface area contributed by atoms with Gasteiger partial charge in [0.25, 0.3) is 0 Å². The molecule has 0 bridgehead atoms. The van der Waals surface area contributed by atoms with Crippen molar-refractivity contribution in [2.75, 3.05) is 0 Å². The number of alkyl halides is 6. The summed E-state index contributed by atoms with van der Waals surface area (Å²) < 4.78 is 77.6. The van der Waals surface area contributed by atoms with E-state index in [-0.39, 0.29) is 6.07 Å². The number of aliphatic carboxylic acids is 1. The normalized spacial score (nSPS) is 14.9. The van der Waals surface area contributed by atoms with Crippen molar-refractivity contribution in [1.29, 1.82) is 5.26 Å². The zero-order chi connectivity index (χ0) is 18.0. The van der Waals surface area contributed by atoms with Crippen molar-refractivity contribution in [3.63, 3.8) is 0 Å². The van der Waals surface area contributed by atoms with Crippen LogP contribution in [-0.4, -0.2) is 23.3 Å². The number of rotatable bonds is 4. The third kappa shape index (κ3) is 4.59. The van der Waals surface area contributed by atoms with Gasteiger partial charge in [-0.25, -0.2) is 0 Å². The van der Waals surface area contributed by atoms with Crippen LogP contribution in [0, 0.1) is 11.3 Å². The first kappa shape index (κ1) is 18.8. The molecule has 0 saturated carbocycles. The fourth-order valence-electron chi connectivity index (χ4n) is 1.77. The van der Waals surface area contributed by atoms with Gasteiger partial charge in [0.2, 0.25) is 0 Å². The van der Waals surface area contributed by atoms with E-state index in [1.54, 1.807) is 5.32 Å². The fourth-order valence-corrected chi connectivity index (χ4v) is 1.77. The molecule has 1 aromatic carbocycles. The first-order valence-electron chi connectivity index (χ1n) is 6.04. The van der Waals surface area contributed by atoms with Crippen LogP contribution in [0.15, 0.2) is 18.2 Å². The molecule has 0 radical (unpaired) electrons. The van der Waals surface area contributed by atoms with Crippen molar-refractivity contribution in [2.24, 2.45) is 0 Å². The van der Waals surface area contributed by atoms with E-state index in [1.807, 2.05) is 0 Å². The van der Waals surface area contributed by atoms with E-state index in [9.17, 15) is 31.1 Å². The highest BCUT2D eigenvalue weighted by molar-refractivity contribution is 5.72. The Hall–Kier alpha value is -2.28. The number of benzene rings is 1. The molecule has 0 spiro atoms. The maximum Gasteiger partial charge on any atom is 0.417 e. The Morgan fingerprint density at radius 3 is 2.22 bits per heavy atom. The van der Waals surface area contributed by atoms with Crippen molar-refractivity contribution in [1.82, 2.24) is 5.32 Å². The molecule has 4 nitrogen and oxygen atoms in total. The van der Waals surface area contributed by atoms with Crippen molar-refractivity contribution >= 4 is 5.97 Å². The lowest BCUT2D eigenvalue weighted by Gasteiger charge is -2.25. The fraction of sp³-hybridized carbons (Fsp3) is 0.385. The zero-order valence-electron chi connectivity index (χ0n) is 11.5. The van der Waals surface area contributed by atoms with Crippen LogP contribution in [0.1, 0.15) is 29.7 Å². The standard InChI is InChI=1S/C13H10F6N2O2/c1-6(11(22)23)21-10(13(17,18)19)7-2-3-8(5-20)9(4-7)12(14,15)16/h2-4,6,10,21H,1H3,(H,22,23)/t6-,10?/m0/s1. The maximum atomic E-state index is 13.0. The predicted molar refractivity (Wildman–Crippen MR) is 65.2 cm³/mol. The van der Waals surface area contributed by atoms with Gasteiger partial charge in [-0.3, -0.25) is 10.1 Å². The lowest BCUT2D eigenvalue weighted by atomic mass is 9.98. The highest BCUT2D eigenvalue weighted by Gasteiger charge is 2.43. The van der Waals surface area contributed by atoms with Crippen LogP contribution in [0.25, 0.3) is 0 Å². The second-order valence-electron chi connectivity index (χ2n) is 4.62. The van der Waals surface area contributed by atoms with Crippen LogP contribution in [0.2, 0.25) is 0 Å². The number of carboxylic acid groups (broad SMARTS) is 1. The molecule has 23 heavy (non-hydrogen) atoms. The van der Waals surface area contributed by atoms with Gasteiger partial charge in [0, 0.05) is 0 Å². The molecule has 0 aliphatic heterocycles. The number of nitrogens with one attached hydrogen (secondary N) is 1. The molecular formula is C13H10F6N2O2. The Morgan fingerprint density at radius 1 is 1.26 bits per heavy atom. The first-order valence-corrected chi connectivity index (χ1v) is 6.04. The summed E-state index contributed by atoms with van der Waals surface area (Å²) in [4.78, 5) is 10.7. The lowest BCUT2D eigenvalue weighted by Crippen LogP contribution is -2.43. The van der Waals surface area contributed by atoms with Gasteiger partial charge < -0.3 is 5.11 Å². The van der Waals surface area contributed by atoms with Crippen LogP contribution in [0.4, 0.5) is 26.3 Å². The average molecular weight is 340 g/mol. The minimum atomic E-state index is -5.03. The van der Waals surface area contributed by atoms with E-state index >= 15 is 0 Å². The molecule has 0 heterocycles. The molecule has 0 saturated heterocycles. The van der Waals surface area contributed by atoms with Gasteiger partial charge in [-0.1, -0.05) is 6.07 Å². The maximum absolute atomic E-state index is 13.0. The average Bonchev–Trinajstić information content (AvgIpc) is 2.41. The Morgan fingerprint density at radius 2 is 1.83 bits per heavy atom. The second kappa shape index (κ2) is 6.45. The summed E-state index contributed by atoms with van der Waals surface area (Å²) in [5.41, 5.74) is -3.18. The number of carbonyl (C=O) groups is 1.